The highest BCUT2D eigenvalue weighted by molar-refractivity contribution is 6.00. The van der Waals surface area contributed by atoms with Gasteiger partial charge in [0.15, 0.2) is 0 Å². The van der Waals surface area contributed by atoms with Gasteiger partial charge in [0, 0.05) is 5.39 Å². The van der Waals surface area contributed by atoms with Gasteiger partial charge in [-0.05, 0) is 17.4 Å². The van der Waals surface area contributed by atoms with Crippen molar-refractivity contribution in [3.63, 3.8) is 0 Å². The Hall–Kier alpha value is -2.03. The molecule has 0 aromatic heterocycles. The first-order valence-electron chi connectivity index (χ1n) is 5.95. The Balaban J connectivity index is 2.34. The first-order valence-corrected chi connectivity index (χ1v) is 5.95. The van der Waals surface area contributed by atoms with Crippen molar-refractivity contribution < 1.29 is 14.6 Å². The van der Waals surface area contributed by atoms with E-state index < -0.39 is 5.97 Å². The largest absolute Gasteiger partial charge is 0.462 e. The molecule has 0 aliphatic rings. The minimum atomic E-state index is -0.542. The molecule has 0 unspecified atom stereocenters. The average Bonchev–Trinajstić information content (AvgIpc) is 2.37. The molecular weight excluding hydrogens is 228 g/mol. The van der Waals surface area contributed by atoms with E-state index in [1.54, 1.807) is 18.2 Å². The van der Waals surface area contributed by atoms with Crippen LogP contribution in [0.4, 0.5) is 0 Å². The first-order chi connectivity index (χ1) is 8.59. The molecule has 3 heteroatoms. The van der Waals surface area contributed by atoms with E-state index in [-0.39, 0.29) is 17.2 Å². The third-order valence-corrected chi connectivity index (χ3v) is 2.65. The van der Waals surface area contributed by atoms with Crippen molar-refractivity contribution in [1.82, 2.24) is 0 Å². The molecule has 2 rings (SSSR count). The maximum atomic E-state index is 12.1. The fraction of sp³-hybridized carbons (Fsp3) is 0.267. The second-order valence-corrected chi connectivity index (χ2v) is 4.66. The van der Waals surface area contributed by atoms with Gasteiger partial charge < -0.3 is 4.74 Å². The Kier molecular flexibility index (Phi) is 3.51. The van der Waals surface area contributed by atoms with Crippen molar-refractivity contribution in [1.29, 1.82) is 0 Å². The molecule has 1 radical (unpaired) electrons. The fourth-order valence-corrected chi connectivity index (χ4v) is 1.72. The number of carbonyl (C=O) groups excluding carboxylic acids is 1. The Morgan fingerprint density at radius 3 is 2.61 bits per heavy atom. The minimum absolute atomic E-state index is 0.106. The van der Waals surface area contributed by atoms with Crippen LogP contribution < -0.4 is 0 Å². The molecule has 3 nitrogen and oxygen atoms in total. The van der Waals surface area contributed by atoms with Crippen LogP contribution in [0.5, 0.6) is 5.75 Å². The van der Waals surface area contributed by atoms with Crippen LogP contribution >= 0.6 is 0 Å². The van der Waals surface area contributed by atoms with E-state index in [4.69, 9.17) is 4.74 Å². The van der Waals surface area contributed by atoms with Crippen molar-refractivity contribution >= 4 is 16.7 Å². The molecule has 0 saturated carbocycles. The number of rotatable bonds is 3. The van der Waals surface area contributed by atoms with Crippen molar-refractivity contribution in [2.45, 2.75) is 13.8 Å². The quantitative estimate of drug-likeness (QED) is 0.770. The summed E-state index contributed by atoms with van der Waals surface area (Å²) in [5, 5.41) is 13.5. The smallest absolute Gasteiger partial charge is 0.342 e. The van der Waals surface area contributed by atoms with E-state index in [0.29, 0.717) is 12.0 Å². The molecule has 0 bridgehead atoms. The highest BCUT2D eigenvalue weighted by Gasteiger charge is 2.16. The summed E-state index contributed by atoms with van der Waals surface area (Å²) in [5.41, 5.74) is 0.106. The lowest BCUT2D eigenvalue weighted by Gasteiger charge is -2.08. The van der Waals surface area contributed by atoms with E-state index in [0.717, 1.165) is 5.39 Å². The molecule has 0 N–H and O–H groups in total. The Labute approximate surface area is 106 Å². The van der Waals surface area contributed by atoms with E-state index in [1.165, 1.54) is 6.07 Å². The average molecular weight is 243 g/mol. The predicted molar refractivity (Wildman–Crippen MR) is 69.2 cm³/mol. The molecule has 2 aromatic rings. The summed E-state index contributed by atoms with van der Waals surface area (Å²) in [6.45, 7) is 4.22. The Morgan fingerprint density at radius 1 is 1.17 bits per heavy atom. The summed E-state index contributed by atoms with van der Waals surface area (Å²) < 4.78 is 5.08. The molecular formula is C15H15O3. The highest BCUT2D eigenvalue weighted by Crippen LogP contribution is 2.29. The molecule has 0 saturated heterocycles. The Morgan fingerprint density at radius 2 is 1.89 bits per heavy atom. The minimum Gasteiger partial charge on any atom is -0.462 e. The fourth-order valence-electron chi connectivity index (χ4n) is 1.72. The predicted octanol–water partition coefficient (Wildman–Crippen LogP) is 3.80. The first kappa shape index (κ1) is 12.4. The van der Waals surface area contributed by atoms with Gasteiger partial charge in [-0.2, -0.15) is 0 Å². The number of benzene rings is 2. The molecule has 2 aromatic carbocycles. The number of carbonyl (C=O) groups is 1. The number of hydrogen-bond acceptors (Lipinski definition) is 2. The lowest BCUT2D eigenvalue weighted by molar-refractivity contribution is 0.0454. The summed E-state index contributed by atoms with van der Waals surface area (Å²) in [7, 11) is 0. The Bertz CT molecular complexity index is 573. The lowest BCUT2D eigenvalue weighted by Crippen LogP contribution is -2.10. The molecule has 93 valence electrons. The molecule has 0 aliphatic heterocycles. The second-order valence-electron chi connectivity index (χ2n) is 4.66. The van der Waals surface area contributed by atoms with Crippen molar-refractivity contribution in [2.24, 2.45) is 5.92 Å². The SMILES string of the molecule is CC(C)COC(=O)c1ccc2ccccc2c1[O]. The normalized spacial score (nSPS) is 10.8. The third-order valence-electron chi connectivity index (χ3n) is 2.65. The third kappa shape index (κ3) is 2.45. The van der Waals surface area contributed by atoms with Crippen LogP contribution in [-0.2, 0) is 9.84 Å². The number of ether oxygens (including phenoxy) is 1. The van der Waals surface area contributed by atoms with Crippen LogP contribution in [-0.4, -0.2) is 12.6 Å². The number of esters is 1. The molecule has 0 spiro atoms. The summed E-state index contributed by atoms with van der Waals surface area (Å²) >= 11 is 0. The van der Waals surface area contributed by atoms with Gasteiger partial charge >= 0.3 is 5.97 Å². The van der Waals surface area contributed by atoms with E-state index in [9.17, 15) is 9.90 Å². The zero-order valence-electron chi connectivity index (χ0n) is 10.5. The van der Waals surface area contributed by atoms with Gasteiger partial charge in [0.25, 0.3) is 0 Å². The summed E-state index contributed by atoms with van der Waals surface area (Å²) in [4.78, 5) is 11.8. The molecule has 0 aliphatic carbocycles. The van der Waals surface area contributed by atoms with Crippen LogP contribution in [0.3, 0.4) is 0 Å². The molecule has 0 amide bonds. The maximum Gasteiger partial charge on any atom is 0.342 e. The van der Waals surface area contributed by atoms with Gasteiger partial charge in [0.1, 0.15) is 5.56 Å². The van der Waals surface area contributed by atoms with Crippen LogP contribution in [0, 0.1) is 5.92 Å². The van der Waals surface area contributed by atoms with Crippen molar-refractivity contribution in [3.05, 3.63) is 42.0 Å². The topological polar surface area (TPSA) is 46.2 Å². The summed E-state index contributed by atoms with van der Waals surface area (Å²) in [5.74, 6) is -0.550. The zero-order chi connectivity index (χ0) is 13.1. The lowest BCUT2D eigenvalue weighted by atomic mass is 10.1. The van der Waals surface area contributed by atoms with Crippen LogP contribution in [0.1, 0.15) is 24.2 Å². The van der Waals surface area contributed by atoms with E-state index >= 15 is 0 Å². The molecule has 18 heavy (non-hydrogen) atoms. The molecule has 0 heterocycles. The van der Waals surface area contributed by atoms with Crippen LogP contribution in [0.2, 0.25) is 0 Å². The standard InChI is InChI=1S/C15H15O3/c1-10(2)9-18-15(17)13-8-7-11-5-3-4-6-12(11)14(13)16/h3-8,10H,9H2,1-2H3. The molecule has 0 fully saturated rings. The van der Waals surface area contributed by atoms with E-state index in [1.807, 2.05) is 26.0 Å². The highest BCUT2D eigenvalue weighted by atomic mass is 16.5. The second kappa shape index (κ2) is 5.08. The maximum absolute atomic E-state index is 12.1. The van der Waals surface area contributed by atoms with Gasteiger partial charge in [0.05, 0.1) is 6.61 Å². The zero-order valence-corrected chi connectivity index (χ0v) is 10.5. The van der Waals surface area contributed by atoms with Gasteiger partial charge in [0.2, 0.25) is 5.75 Å². The van der Waals surface area contributed by atoms with Crippen molar-refractivity contribution in [2.75, 3.05) is 6.61 Å². The number of fused-ring (bicyclic) bond motifs is 1. The monoisotopic (exact) mass is 243 g/mol. The van der Waals surface area contributed by atoms with E-state index in [2.05, 4.69) is 0 Å². The van der Waals surface area contributed by atoms with Crippen molar-refractivity contribution in [3.8, 4) is 5.75 Å². The van der Waals surface area contributed by atoms with Gasteiger partial charge in [-0.1, -0.05) is 44.2 Å². The van der Waals surface area contributed by atoms with Gasteiger partial charge in [-0.25, -0.2) is 4.79 Å². The van der Waals surface area contributed by atoms with Crippen LogP contribution in [0.15, 0.2) is 36.4 Å². The summed E-state index contributed by atoms with van der Waals surface area (Å²) in [6.07, 6.45) is 0. The summed E-state index contributed by atoms with van der Waals surface area (Å²) in [6, 6.07) is 10.5. The van der Waals surface area contributed by atoms with Gasteiger partial charge in [-0.15, -0.1) is 0 Å². The number of hydrogen-bond donors (Lipinski definition) is 0. The molecule has 0 atom stereocenters. The van der Waals surface area contributed by atoms with Gasteiger partial charge in [-0.3, -0.25) is 5.11 Å². The van der Waals surface area contributed by atoms with Crippen LogP contribution in [0.25, 0.3) is 10.8 Å².